The number of nitro groups is 1. The van der Waals surface area contributed by atoms with E-state index in [1.807, 2.05) is 0 Å². The topological polar surface area (TPSA) is 159 Å². The number of hydrogen-bond donors (Lipinski definition) is 0. The van der Waals surface area contributed by atoms with Gasteiger partial charge in [0.25, 0.3) is 16.8 Å². The molecule has 0 spiro atoms. The third kappa shape index (κ3) is 6.67. The minimum absolute atomic E-state index is 0.0224. The van der Waals surface area contributed by atoms with Crippen molar-refractivity contribution in [2.75, 3.05) is 13.7 Å². The highest BCUT2D eigenvalue weighted by molar-refractivity contribution is 9.10. The Bertz CT molecular complexity index is 1420. The molecule has 0 N–H and O–H groups in total. The monoisotopic (exact) mass is 614 g/mol. The SMILES string of the molecule is COc1cc(/C=C2\SC(=O)N(CC(=O)OC(C)C)C2=O)cc(Br)c1OS(=O)(=O)c1cccc([N+](=O)[O-])c1. The number of methoxy groups -OCH3 is 1. The first-order valence-corrected chi connectivity index (χ1v) is 13.4. The summed E-state index contributed by atoms with van der Waals surface area (Å²) in [5, 5.41) is 10.3. The Labute approximate surface area is 224 Å². The average molecular weight is 615 g/mol. The number of thioether (sulfide) groups is 1. The van der Waals surface area contributed by atoms with Crippen molar-refractivity contribution in [3.8, 4) is 11.5 Å². The van der Waals surface area contributed by atoms with E-state index in [9.17, 15) is 32.9 Å². The van der Waals surface area contributed by atoms with Gasteiger partial charge in [0.1, 0.15) is 11.4 Å². The van der Waals surface area contributed by atoms with E-state index in [0.29, 0.717) is 17.3 Å². The first-order chi connectivity index (χ1) is 17.3. The van der Waals surface area contributed by atoms with Crippen LogP contribution in [0, 0.1) is 10.1 Å². The van der Waals surface area contributed by atoms with Crippen LogP contribution in [0.5, 0.6) is 11.5 Å². The summed E-state index contributed by atoms with van der Waals surface area (Å²) in [5.74, 6) is -1.71. The van der Waals surface area contributed by atoms with Crippen molar-refractivity contribution in [3.05, 3.63) is 61.5 Å². The van der Waals surface area contributed by atoms with Crippen LogP contribution in [0.2, 0.25) is 0 Å². The maximum Gasteiger partial charge on any atom is 0.339 e. The summed E-state index contributed by atoms with van der Waals surface area (Å²) in [5.41, 5.74) is -0.0865. The van der Waals surface area contributed by atoms with Crippen LogP contribution >= 0.6 is 27.7 Å². The number of esters is 1. The molecule has 1 saturated heterocycles. The Morgan fingerprint density at radius 3 is 2.57 bits per heavy atom. The summed E-state index contributed by atoms with van der Waals surface area (Å²) in [4.78, 5) is 47.4. The molecule has 0 aromatic heterocycles. The normalized spacial score (nSPS) is 14.8. The molecule has 0 saturated carbocycles. The van der Waals surface area contributed by atoms with Crippen LogP contribution in [-0.4, -0.2) is 55.1 Å². The van der Waals surface area contributed by atoms with E-state index in [0.717, 1.165) is 23.1 Å². The number of benzene rings is 2. The molecule has 15 heteroatoms. The molecule has 0 bridgehead atoms. The molecular weight excluding hydrogens is 596 g/mol. The minimum atomic E-state index is -4.49. The Morgan fingerprint density at radius 2 is 1.95 bits per heavy atom. The van der Waals surface area contributed by atoms with Gasteiger partial charge in [0.15, 0.2) is 11.5 Å². The van der Waals surface area contributed by atoms with Crippen molar-refractivity contribution in [2.45, 2.75) is 24.8 Å². The van der Waals surface area contributed by atoms with Gasteiger partial charge in [-0.2, -0.15) is 8.42 Å². The van der Waals surface area contributed by atoms with Crippen LogP contribution in [-0.2, 0) is 24.4 Å². The number of ether oxygens (including phenoxy) is 2. The number of imide groups is 1. The third-order valence-corrected chi connectivity index (χ3v) is 7.30. The van der Waals surface area contributed by atoms with Gasteiger partial charge in [0, 0.05) is 12.1 Å². The van der Waals surface area contributed by atoms with Gasteiger partial charge in [0.05, 0.1) is 27.5 Å². The second-order valence-electron chi connectivity index (χ2n) is 7.63. The van der Waals surface area contributed by atoms with Crippen molar-refractivity contribution in [1.82, 2.24) is 4.90 Å². The molecule has 1 heterocycles. The predicted molar refractivity (Wildman–Crippen MR) is 136 cm³/mol. The van der Waals surface area contributed by atoms with Crippen molar-refractivity contribution in [3.63, 3.8) is 0 Å². The minimum Gasteiger partial charge on any atom is -0.493 e. The standard InChI is InChI=1S/C22H19BrN2O10S2/c1-12(2)34-19(26)11-24-21(27)18(36-22(24)28)9-13-7-16(23)20(17(8-13)33-3)35-37(31,32)15-6-4-5-14(10-15)25(29)30/h4-10,12H,11H2,1-3H3/b18-9-. The maximum atomic E-state index is 12.8. The number of amides is 2. The van der Waals surface area contributed by atoms with Gasteiger partial charge in [-0.3, -0.25) is 29.4 Å². The van der Waals surface area contributed by atoms with Crippen LogP contribution < -0.4 is 8.92 Å². The second kappa shape index (κ2) is 11.3. The van der Waals surface area contributed by atoms with Gasteiger partial charge in [-0.05, 0) is 71.4 Å². The molecule has 2 amide bonds. The number of non-ortho nitro benzene ring substituents is 1. The lowest BCUT2D eigenvalue weighted by molar-refractivity contribution is -0.385. The third-order valence-electron chi connectivity index (χ3n) is 4.59. The molecule has 2 aromatic carbocycles. The molecule has 0 aliphatic carbocycles. The Hall–Kier alpha value is -3.43. The maximum absolute atomic E-state index is 12.8. The summed E-state index contributed by atoms with van der Waals surface area (Å²) >= 11 is 3.83. The van der Waals surface area contributed by atoms with Crippen molar-refractivity contribution in [1.29, 1.82) is 0 Å². The molecule has 37 heavy (non-hydrogen) atoms. The Kier molecular flexibility index (Phi) is 8.60. The van der Waals surface area contributed by atoms with Gasteiger partial charge in [-0.25, -0.2) is 0 Å². The summed E-state index contributed by atoms with van der Waals surface area (Å²) in [6.07, 6.45) is 0.958. The Balaban J connectivity index is 1.88. The second-order valence-corrected chi connectivity index (χ2v) is 11.0. The van der Waals surface area contributed by atoms with Crippen molar-refractivity contribution >= 4 is 66.7 Å². The zero-order valence-electron chi connectivity index (χ0n) is 19.5. The summed E-state index contributed by atoms with van der Waals surface area (Å²) in [6.45, 7) is 2.74. The van der Waals surface area contributed by atoms with Crippen LogP contribution in [0.1, 0.15) is 19.4 Å². The van der Waals surface area contributed by atoms with Crippen LogP contribution in [0.4, 0.5) is 10.5 Å². The molecular formula is C22H19BrN2O10S2. The average Bonchev–Trinajstić information content (AvgIpc) is 3.07. The van der Waals surface area contributed by atoms with E-state index in [1.165, 1.54) is 31.4 Å². The molecule has 3 rings (SSSR count). The van der Waals surface area contributed by atoms with E-state index in [-0.39, 0.29) is 20.9 Å². The molecule has 0 unspecified atom stereocenters. The highest BCUT2D eigenvalue weighted by Gasteiger charge is 2.37. The fourth-order valence-electron chi connectivity index (χ4n) is 3.03. The van der Waals surface area contributed by atoms with Crippen molar-refractivity contribution in [2.24, 2.45) is 0 Å². The largest absolute Gasteiger partial charge is 0.493 e. The fraction of sp³-hybridized carbons (Fsp3) is 0.227. The van der Waals surface area contributed by atoms with Gasteiger partial charge in [-0.1, -0.05) is 6.07 Å². The van der Waals surface area contributed by atoms with E-state index >= 15 is 0 Å². The molecule has 12 nitrogen and oxygen atoms in total. The van der Waals surface area contributed by atoms with Gasteiger partial charge < -0.3 is 13.7 Å². The number of rotatable bonds is 9. The van der Waals surface area contributed by atoms with Gasteiger partial charge >= 0.3 is 16.1 Å². The molecule has 2 aromatic rings. The van der Waals surface area contributed by atoms with E-state index in [2.05, 4.69) is 15.9 Å². The Morgan fingerprint density at radius 1 is 1.24 bits per heavy atom. The first-order valence-electron chi connectivity index (χ1n) is 10.3. The number of carbonyl (C=O) groups is 3. The lowest BCUT2D eigenvalue weighted by Gasteiger charge is -2.14. The molecule has 1 aliphatic heterocycles. The zero-order chi connectivity index (χ0) is 27.5. The molecule has 1 fully saturated rings. The number of nitro benzene ring substituents is 1. The fourth-order valence-corrected chi connectivity index (χ4v) is 5.52. The first kappa shape index (κ1) is 28.1. The van der Waals surface area contributed by atoms with Crippen LogP contribution in [0.25, 0.3) is 6.08 Å². The van der Waals surface area contributed by atoms with E-state index in [1.54, 1.807) is 13.8 Å². The lowest BCUT2D eigenvalue weighted by Crippen LogP contribution is -2.35. The van der Waals surface area contributed by atoms with Crippen LogP contribution in [0.3, 0.4) is 0 Å². The molecule has 0 radical (unpaired) electrons. The predicted octanol–water partition coefficient (Wildman–Crippen LogP) is 4.12. The van der Waals surface area contributed by atoms with Gasteiger partial charge in [0.2, 0.25) is 0 Å². The smallest absolute Gasteiger partial charge is 0.339 e. The van der Waals surface area contributed by atoms with Gasteiger partial charge in [-0.15, -0.1) is 0 Å². The van der Waals surface area contributed by atoms with E-state index < -0.39 is 55.4 Å². The van der Waals surface area contributed by atoms with Crippen molar-refractivity contribution < 1.29 is 41.4 Å². The lowest BCUT2D eigenvalue weighted by atomic mass is 10.2. The summed E-state index contributed by atoms with van der Waals surface area (Å²) in [6, 6.07) is 7.13. The molecule has 196 valence electrons. The molecule has 0 atom stereocenters. The number of nitrogens with zero attached hydrogens (tertiary/aromatic N) is 2. The summed E-state index contributed by atoms with van der Waals surface area (Å²) < 4.78 is 41.1. The summed E-state index contributed by atoms with van der Waals surface area (Å²) in [7, 11) is -3.23. The number of halogens is 1. The quantitative estimate of drug-likeness (QED) is 0.131. The number of carbonyl (C=O) groups excluding carboxylic acids is 3. The zero-order valence-corrected chi connectivity index (χ0v) is 22.7. The number of hydrogen-bond acceptors (Lipinski definition) is 11. The van der Waals surface area contributed by atoms with Crippen LogP contribution in [0.15, 0.2) is 50.7 Å². The highest BCUT2D eigenvalue weighted by Crippen LogP contribution is 2.40. The molecule has 1 aliphatic rings. The van der Waals surface area contributed by atoms with E-state index in [4.69, 9.17) is 13.7 Å². The highest BCUT2D eigenvalue weighted by atomic mass is 79.9.